The van der Waals surface area contributed by atoms with E-state index in [1.165, 1.54) is 0 Å². The van der Waals surface area contributed by atoms with E-state index in [4.69, 9.17) is 0 Å². The number of nitrogens with zero attached hydrogens (tertiary/aromatic N) is 6. The van der Waals surface area contributed by atoms with Gasteiger partial charge < -0.3 is 9.80 Å². The average Bonchev–Trinajstić information content (AvgIpc) is 2.53. The molecule has 0 amide bonds. The molecule has 0 aromatic carbocycles. The second kappa shape index (κ2) is 6.48. The maximum Gasteiger partial charge on any atom is 0.225 e. The number of hydrogen-bond acceptors (Lipinski definition) is 6. The third kappa shape index (κ3) is 3.57. The number of aryl methyl sites for hydroxylation is 3. The summed E-state index contributed by atoms with van der Waals surface area (Å²) in [6, 6.07) is 4.45. The van der Waals surface area contributed by atoms with E-state index >= 15 is 0 Å². The van der Waals surface area contributed by atoms with Gasteiger partial charge in [0.1, 0.15) is 12.1 Å². The summed E-state index contributed by atoms with van der Waals surface area (Å²) >= 11 is 0. The Labute approximate surface area is 137 Å². The van der Waals surface area contributed by atoms with Crippen molar-refractivity contribution in [3.63, 3.8) is 0 Å². The van der Waals surface area contributed by atoms with Crippen LogP contribution in [0.4, 0.5) is 11.8 Å². The van der Waals surface area contributed by atoms with Crippen molar-refractivity contribution in [3.8, 4) is 0 Å². The van der Waals surface area contributed by atoms with E-state index in [9.17, 15) is 0 Å². The first kappa shape index (κ1) is 15.6. The maximum atomic E-state index is 4.61. The van der Waals surface area contributed by atoms with Crippen molar-refractivity contribution < 1.29 is 0 Å². The van der Waals surface area contributed by atoms with E-state index in [-0.39, 0.29) is 0 Å². The molecule has 23 heavy (non-hydrogen) atoms. The highest BCUT2D eigenvalue weighted by Gasteiger charge is 2.25. The molecule has 2 aromatic rings. The molecule has 2 aromatic heterocycles. The zero-order valence-corrected chi connectivity index (χ0v) is 14.3. The SMILES string of the molecule is Cc1cc(N(C)C2CCCN(c3nc(C)cc(C)n3)C2)ncn1. The molecular weight excluding hydrogens is 288 g/mol. The van der Waals surface area contributed by atoms with Crippen molar-refractivity contribution in [2.45, 2.75) is 39.7 Å². The Hall–Kier alpha value is -2.24. The first-order chi connectivity index (χ1) is 11.0. The maximum absolute atomic E-state index is 4.61. The van der Waals surface area contributed by atoms with Gasteiger partial charge >= 0.3 is 0 Å². The van der Waals surface area contributed by atoms with Crippen LogP contribution in [0.25, 0.3) is 0 Å². The molecule has 1 saturated heterocycles. The second-order valence-corrected chi connectivity index (χ2v) is 6.32. The van der Waals surface area contributed by atoms with Crippen molar-refractivity contribution >= 4 is 11.8 Å². The lowest BCUT2D eigenvalue weighted by Crippen LogP contribution is -2.47. The monoisotopic (exact) mass is 312 g/mol. The third-order valence-corrected chi connectivity index (χ3v) is 4.35. The van der Waals surface area contributed by atoms with Gasteiger partial charge in [0, 0.05) is 49.3 Å². The van der Waals surface area contributed by atoms with E-state index in [0.29, 0.717) is 6.04 Å². The molecule has 122 valence electrons. The number of rotatable bonds is 3. The molecule has 1 unspecified atom stereocenters. The van der Waals surface area contributed by atoms with Gasteiger partial charge in [-0.3, -0.25) is 0 Å². The van der Waals surface area contributed by atoms with Crippen LogP contribution in [-0.2, 0) is 0 Å². The zero-order valence-electron chi connectivity index (χ0n) is 14.3. The number of likely N-dealkylation sites (N-methyl/N-ethyl adjacent to an activating group) is 1. The topological polar surface area (TPSA) is 58.0 Å². The summed E-state index contributed by atoms with van der Waals surface area (Å²) in [5.41, 5.74) is 3.04. The lowest BCUT2D eigenvalue weighted by Gasteiger charge is -2.38. The standard InChI is InChI=1S/C17H24N6/c1-12-9-16(19-11-18-12)22(4)15-6-5-7-23(10-15)17-20-13(2)8-14(3)21-17/h8-9,11,15H,5-7,10H2,1-4H3. The molecular formula is C17H24N6. The quantitative estimate of drug-likeness (QED) is 0.867. The minimum Gasteiger partial charge on any atom is -0.355 e. The van der Waals surface area contributed by atoms with E-state index in [2.05, 4.69) is 36.8 Å². The molecule has 3 heterocycles. The molecule has 6 nitrogen and oxygen atoms in total. The molecule has 6 heteroatoms. The molecule has 1 fully saturated rings. The Morgan fingerprint density at radius 3 is 2.48 bits per heavy atom. The highest BCUT2D eigenvalue weighted by molar-refractivity contribution is 5.41. The van der Waals surface area contributed by atoms with Crippen molar-refractivity contribution in [3.05, 3.63) is 35.5 Å². The summed E-state index contributed by atoms with van der Waals surface area (Å²) in [5, 5.41) is 0. The van der Waals surface area contributed by atoms with Gasteiger partial charge in [0.25, 0.3) is 0 Å². The Morgan fingerprint density at radius 1 is 1.04 bits per heavy atom. The highest BCUT2D eigenvalue weighted by atomic mass is 15.3. The Morgan fingerprint density at radius 2 is 1.78 bits per heavy atom. The van der Waals surface area contributed by atoms with Gasteiger partial charge in [0.15, 0.2) is 0 Å². The number of piperidine rings is 1. The van der Waals surface area contributed by atoms with Crippen molar-refractivity contribution in [1.29, 1.82) is 0 Å². The molecule has 0 saturated carbocycles. The molecule has 0 aliphatic carbocycles. The average molecular weight is 312 g/mol. The van der Waals surface area contributed by atoms with E-state index < -0.39 is 0 Å². The fourth-order valence-electron chi connectivity index (χ4n) is 3.12. The largest absolute Gasteiger partial charge is 0.355 e. The van der Waals surface area contributed by atoms with Crippen molar-refractivity contribution in [2.24, 2.45) is 0 Å². The minimum atomic E-state index is 0.405. The van der Waals surface area contributed by atoms with Crippen LogP contribution in [0.1, 0.15) is 29.9 Å². The summed E-state index contributed by atoms with van der Waals surface area (Å²) < 4.78 is 0. The number of hydrogen-bond donors (Lipinski definition) is 0. The van der Waals surface area contributed by atoms with Gasteiger partial charge in [-0.05, 0) is 39.7 Å². The van der Waals surface area contributed by atoms with Gasteiger partial charge in [-0.15, -0.1) is 0 Å². The van der Waals surface area contributed by atoms with E-state index in [1.807, 2.05) is 32.9 Å². The number of anilines is 2. The summed E-state index contributed by atoms with van der Waals surface area (Å²) in [6.07, 6.45) is 3.92. The Kier molecular flexibility index (Phi) is 4.41. The molecule has 0 radical (unpaired) electrons. The van der Waals surface area contributed by atoms with Crippen LogP contribution in [0.2, 0.25) is 0 Å². The summed E-state index contributed by atoms with van der Waals surface area (Å²) in [7, 11) is 2.11. The normalized spacial score (nSPS) is 18.1. The van der Waals surface area contributed by atoms with E-state index in [0.717, 1.165) is 54.8 Å². The first-order valence-electron chi connectivity index (χ1n) is 8.11. The van der Waals surface area contributed by atoms with Crippen LogP contribution >= 0.6 is 0 Å². The summed E-state index contributed by atoms with van der Waals surface area (Å²) in [5.74, 6) is 1.82. The predicted molar refractivity (Wildman–Crippen MR) is 91.9 cm³/mol. The highest BCUT2D eigenvalue weighted by Crippen LogP contribution is 2.22. The second-order valence-electron chi connectivity index (χ2n) is 6.32. The van der Waals surface area contributed by atoms with Crippen LogP contribution in [0.5, 0.6) is 0 Å². The van der Waals surface area contributed by atoms with Gasteiger partial charge in [-0.2, -0.15) is 0 Å². The van der Waals surface area contributed by atoms with Crippen LogP contribution < -0.4 is 9.80 Å². The molecule has 1 aliphatic rings. The van der Waals surface area contributed by atoms with Crippen LogP contribution in [-0.4, -0.2) is 46.1 Å². The molecule has 0 bridgehead atoms. The van der Waals surface area contributed by atoms with Crippen LogP contribution in [0.15, 0.2) is 18.5 Å². The lowest BCUT2D eigenvalue weighted by atomic mass is 10.0. The molecule has 3 rings (SSSR count). The fourth-order valence-corrected chi connectivity index (χ4v) is 3.12. The first-order valence-corrected chi connectivity index (χ1v) is 8.11. The zero-order chi connectivity index (χ0) is 16.4. The van der Waals surface area contributed by atoms with Crippen LogP contribution in [0, 0.1) is 20.8 Å². The molecule has 1 atom stereocenters. The molecule has 0 spiro atoms. The molecule has 1 aliphatic heterocycles. The van der Waals surface area contributed by atoms with Gasteiger partial charge in [-0.1, -0.05) is 0 Å². The lowest BCUT2D eigenvalue weighted by molar-refractivity contribution is 0.480. The van der Waals surface area contributed by atoms with Gasteiger partial charge in [0.05, 0.1) is 0 Å². The minimum absolute atomic E-state index is 0.405. The summed E-state index contributed by atoms with van der Waals surface area (Å²) in [6.45, 7) is 7.97. The predicted octanol–water partition coefficient (Wildman–Crippen LogP) is 2.30. The Bertz CT molecular complexity index is 666. The fraction of sp³-hybridized carbons (Fsp3) is 0.529. The van der Waals surface area contributed by atoms with Crippen molar-refractivity contribution in [2.75, 3.05) is 29.9 Å². The van der Waals surface area contributed by atoms with Gasteiger partial charge in [-0.25, -0.2) is 19.9 Å². The smallest absolute Gasteiger partial charge is 0.225 e. The Balaban J connectivity index is 1.77. The van der Waals surface area contributed by atoms with Crippen LogP contribution in [0.3, 0.4) is 0 Å². The number of aromatic nitrogens is 4. The van der Waals surface area contributed by atoms with Gasteiger partial charge in [0.2, 0.25) is 5.95 Å². The van der Waals surface area contributed by atoms with Crippen molar-refractivity contribution in [1.82, 2.24) is 19.9 Å². The summed E-state index contributed by atoms with van der Waals surface area (Å²) in [4.78, 5) is 22.3. The molecule has 0 N–H and O–H groups in total. The van der Waals surface area contributed by atoms with E-state index in [1.54, 1.807) is 6.33 Å². The third-order valence-electron chi connectivity index (χ3n) is 4.35.